The van der Waals surface area contributed by atoms with E-state index in [0.29, 0.717) is 19.7 Å². The molecule has 0 spiro atoms. The van der Waals surface area contributed by atoms with Gasteiger partial charge in [-0.15, -0.1) is 0 Å². The average Bonchev–Trinajstić information content (AvgIpc) is 2.63. The van der Waals surface area contributed by atoms with E-state index in [1.807, 2.05) is 36.4 Å². The zero-order chi connectivity index (χ0) is 19.7. The van der Waals surface area contributed by atoms with Gasteiger partial charge in [-0.2, -0.15) is 0 Å². The second-order valence-corrected chi connectivity index (χ2v) is 8.56. The van der Waals surface area contributed by atoms with Crippen LogP contribution in [0.25, 0.3) is 0 Å². The summed E-state index contributed by atoms with van der Waals surface area (Å²) in [5.41, 5.74) is 2.62. The average molecular weight is 391 g/mol. The minimum absolute atomic E-state index is 0.0173. The summed E-state index contributed by atoms with van der Waals surface area (Å²) in [6, 6.07) is 14.5. The van der Waals surface area contributed by atoms with Crippen LogP contribution in [0, 0.1) is 0 Å². The van der Waals surface area contributed by atoms with Gasteiger partial charge < -0.3 is 15.4 Å². The molecule has 7 heteroatoms. The molecule has 0 saturated carbocycles. The molecule has 2 amide bonds. The maximum atomic E-state index is 11.9. The maximum absolute atomic E-state index is 11.9. The summed E-state index contributed by atoms with van der Waals surface area (Å²) in [5.74, 6) is 0.841. The quantitative estimate of drug-likeness (QED) is 0.689. The molecule has 0 aliphatic carbocycles. The monoisotopic (exact) mass is 390 g/mol. The van der Waals surface area contributed by atoms with Gasteiger partial charge in [0, 0.05) is 19.3 Å². The lowest BCUT2D eigenvalue weighted by Crippen LogP contribution is -2.34. The predicted octanol–water partition coefficient (Wildman–Crippen LogP) is 3.02. The van der Waals surface area contributed by atoms with E-state index in [4.69, 9.17) is 4.74 Å². The number of amides is 2. The summed E-state index contributed by atoms with van der Waals surface area (Å²) in [7, 11) is -3.04. The lowest BCUT2D eigenvalue weighted by Gasteiger charge is -2.09. The standard InChI is InChI=1S/C20H26N2O4S/c1-3-12-26-19-10-8-17(9-11-19)14-22-20(23)21-13-16-4-6-18(7-5-16)15-27(2,24)25/h4-11H,3,12-15H2,1-2H3,(H2,21,22,23). The van der Waals surface area contributed by atoms with Crippen LogP contribution in [0.5, 0.6) is 5.75 Å². The fourth-order valence-electron chi connectivity index (χ4n) is 2.41. The first kappa shape index (κ1) is 20.8. The summed E-state index contributed by atoms with van der Waals surface area (Å²) < 4.78 is 28.1. The van der Waals surface area contributed by atoms with Crippen LogP contribution in [0.1, 0.15) is 30.0 Å². The Hall–Kier alpha value is -2.54. The second kappa shape index (κ2) is 9.97. The highest BCUT2D eigenvalue weighted by Crippen LogP contribution is 2.12. The number of nitrogens with one attached hydrogen (secondary N) is 2. The van der Waals surface area contributed by atoms with E-state index in [9.17, 15) is 13.2 Å². The van der Waals surface area contributed by atoms with Crippen LogP contribution in [-0.4, -0.2) is 27.3 Å². The molecule has 2 aromatic carbocycles. The Labute approximate surface area is 160 Å². The summed E-state index contributed by atoms with van der Waals surface area (Å²) in [4.78, 5) is 11.9. The molecule has 0 saturated heterocycles. The number of benzene rings is 2. The molecule has 0 aliphatic rings. The number of hydrogen-bond donors (Lipinski definition) is 2. The van der Waals surface area contributed by atoms with Crippen LogP contribution in [0.3, 0.4) is 0 Å². The van der Waals surface area contributed by atoms with Crippen molar-refractivity contribution in [3.63, 3.8) is 0 Å². The van der Waals surface area contributed by atoms with Crippen LogP contribution in [0.4, 0.5) is 4.79 Å². The number of hydrogen-bond acceptors (Lipinski definition) is 4. The lowest BCUT2D eigenvalue weighted by molar-refractivity contribution is 0.240. The third-order valence-electron chi connectivity index (χ3n) is 3.75. The smallest absolute Gasteiger partial charge is 0.315 e. The fourth-order valence-corrected chi connectivity index (χ4v) is 3.20. The molecule has 0 fully saturated rings. The molecule has 0 bridgehead atoms. The van der Waals surface area contributed by atoms with E-state index in [2.05, 4.69) is 17.6 Å². The van der Waals surface area contributed by atoms with Gasteiger partial charge in [-0.1, -0.05) is 43.3 Å². The number of carbonyl (C=O) groups excluding carboxylic acids is 1. The van der Waals surface area contributed by atoms with Gasteiger partial charge in [0.1, 0.15) is 5.75 Å². The maximum Gasteiger partial charge on any atom is 0.315 e. The van der Waals surface area contributed by atoms with E-state index in [0.717, 1.165) is 28.9 Å². The van der Waals surface area contributed by atoms with Crippen LogP contribution >= 0.6 is 0 Å². The molecule has 0 aliphatic heterocycles. The van der Waals surface area contributed by atoms with Crippen molar-refractivity contribution in [3.8, 4) is 5.75 Å². The molecule has 0 atom stereocenters. The molecule has 146 valence electrons. The largest absolute Gasteiger partial charge is 0.494 e. The summed E-state index contributed by atoms with van der Waals surface area (Å²) in [6.45, 7) is 3.54. The molecule has 0 unspecified atom stereocenters. The molecular weight excluding hydrogens is 364 g/mol. The van der Waals surface area contributed by atoms with Crippen LogP contribution in [-0.2, 0) is 28.7 Å². The second-order valence-electron chi connectivity index (χ2n) is 6.42. The minimum Gasteiger partial charge on any atom is -0.494 e. The summed E-state index contributed by atoms with van der Waals surface area (Å²) >= 11 is 0. The number of ether oxygens (including phenoxy) is 1. The Bertz CT molecular complexity index is 831. The fraction of sp³-hybridized carbons (Fsp3) is 0.350. The van der Waals surface area contributed by atoms with Crippen molar-refractivity contribution in [2.75, 3.05) is 12.9 Å². The molecular formula is C20H26N2O4S. The van der Waals surface area contributed by atoms with Gasteiger partial charge in [-0.25, -0.2) is 13.2 Å². The molecule has 2 rings (SSSR count). The van der Waals surface area contributed by atoms with Crippen LogP contribution < -0.4 is 15.4 Å². The summed E-state index contributed by atoms with van der Waals surface area (Å²) in [6.07, 6.45) is 2.17. The SMILES string of the molecule is CCCOc1ccc(CNC(=O)NCc2ccc(CS(C)(=O)=O)cc2)cc1. The van der Waals surface area contributed by atoms with Gasteiger partial charge in [0.25, 0.3) is 0 Å². The molecule has 27 heavy (non-hydrogen) atoms. The molecule has 0 radical (unpaired) electrons. The lowest BCUT2D eigenvalue weighted by atomic mass is 10.1. The van der Waals surface area contributed by atoms with Crippen molar-refractivity contribution < 1.29 is 17.9 Å². The summed E-state index contributed by atoms with van der Waals surface area (Å²) in [5, 5.41) is 5.59. The molecule has 2 N–H and O–H groups in total. The van der Waals surface area contributed by atoms with Crippen molar-refractivity contribution in [1.29, 1.82) is 0 Å². The molecule has 0 aromatic heterocycles. The van der Waals surface area contributed by atoms with E-state index < -0.39 is 9.84 Å². The van der Waals surface area contributed by atoms with Gasteiger partial charge in [-0.05, 0) is 35.2 Å². The van der Waals surface area contributed by atoms with Crippen LogP contribution in [0.15, 0.2) is 48.5 Å². The van der Waals surface area contributed by atoms with Crippen molar-refractivity contribution >= 4 is 15.9 Å². The third-order valence-corrected chi connectivity index (χ3v) is 4.61. The van der Waals surface area contributed by atoms with Gasteiger partial charge >= 0.3 is 6.03 Å². The number of rotatable bonds is 9. The highest BCUT2D eigenvalue weighted by Gasteiger charge is 2.05. The van der Waals surface area contributed by atoms with Gasteiger partial charge in [0.05, 0.1) is 12.4 Å². The highest BCUT2D eigenvalue weighted by molar-refractivity contribution is 7.89. The van der Waals surface area contributed by atoms with E-state index in [1.165, 1.54) is 6.26 Å². The minimum atomic E-state index is -3.04. The first-order valence-electron chi connectivity index (χ1n) is 8.84. The van der Waals surface area contributed by atoms with Gasteiger partial charge in [-0.3, -0.25) is 0 Å². The number of urea groups is 1. The Morgan fingerprint density at radius 3 is 1.85 bits per heavy atom. The van der Waals surface area contributed by atoms with Gasteiger partial charge in [0.15, 0.2) is 9.84 Å². The molecule has 6 nitrogen and oxygen atoms in total. The third kappa shape index (κ3) is 8.13. The van der Waals surface area contributed by atoms with E-state index in [-0.39, 0.29) is 11.8 Å². The first-order chi connectivity index (χ1) is 12.9. The zero-order valence-electron chi connectivity index (χ0n) is 15.7. The molecule has 2 aromatic rings. The Kier molecular flexibility index (Phi) is 7.67. The first-order valence-corrected chi connectivity index (χ1v) is 10.9. The molecule has 0 heterocycles. The van der Waals surface area contributed by atoms with Crippen molar-refractivity contribution in [1.82, 2.24) is 10.6 Å². The van der Waals surface area contributed by atoms with Gasteiger partial charge in [0.2, 0.25) is 0 Å². The Balaban J connectivity index is 1.74. The Morgan fingerprint density at radius 1 is 0.889 bits per heavy atom. The highest BCUT2D eigenvalue weighted by atomic mass is 32.2. The zero-order valence-corrected chi connectivity index (χ0v) is 16.5. The number of carbonyl (C=O) groups is 1. The van der Waals surface area contributed by atoms with Crippen molar-refractivity contribution in [3.05, 3.63) is 65.2 Å². The van der Waals surface area contributed by atoms with E-state index >= 15 is 0 Å². The van der Waals surface area contributed by atoms with Crippen LogP contribution in [0.2, 0.25) is 0 Å². The van der Waals surface area contributed by atoms with Crippen molar-refractivity contribution in [2.45, 2.75) is 32.2 Å². The van der Waals surface area contributed by atoms with E-state index in [1.54, 1.807) is 12.1 Å². The van der Waals surface area contributed by atoms with Crippen molar-refractivity contribution in [2.24, 2.45) is 0 Å². The normalized spacial score (nSPS) is 11.0. The topological polar surface area (TPSA) is 84.5 Å². The predicted molar refractivity (Wildman–Crippen MR) is 106 cm³/mol. The Morgan fingerprint density at radius 2 is 1.37 bits per heavy atom. The number of sulfone groups is 1.